The molecule has 0 bridgehead atoms. The molecule has 0 aliphatic heterocycles. The van der Waals surface area contributed by atoms with Crippen LogP contribution >= 0.6 is 0 Å². The van der Waals surface area contributed by atoms with E-state index in [0.717, 1.165) is 23.5 Å². The minimum absolute atomic E-state index is 0.497. The van der Waals surface area contributed by atoms with Crippen LogP contribution in [0.3, 0.4) is 0 Å². The fourth-order valence-electron chi connectivity index (χ4n) is 2.72. The Morgan fingerprint density at radius 2 is 1.64 bits per heavy atom. The third-order valence-electron chi connectivity index (χ3n) is 4.30. The summed E-state index contributed by atoms with van der Waals surface area (Å²) in [5, 5.41) is 14.5. The van der Waals surface area contributed by atoms with Crippen LogP contribution in [0.2, 0.25) is 0 Å². The fourth-order valence-corrected chi connectivity index (χ4v) is 2.72. The molecule has 0 fully saturated rings. The van der Waals surface area contributed by atoms with Crippen LogP contribution in [0.4, 0.5) is 11.8 Å². The molecule has 2 aromatic carbocycles. The summed E-state index contributed by atoms with van der Waals surface area (Å²) in [5.41, 5.74) is 3.55. The maximum Gasteiger partial charge on any atom is 0.244 e. The molecule has 0 radical (unpaired) electrons. The molecule has 0 aliphatic rings. The minimum Gasteiger partial charge on any atom is -0.493 e. The first-order valence-corrected chi connectivity index (χ1v) is 9.12. The highest BCUT2D eigenvalue weighted by Crippen LogP contribution is 2.27. The molecule has 0 saturated carbocycles. The number of anilines is 2. The molecule has 3 rings (SSSR count). The summed E-state index contributed by atoms with van der Waals surface area (Å²) in [6.45, 7) is 3.43. The number of nitrogens with zero attached hydrogens (tertiary/aromatic N) is 3. The van der Waals surface area contributed by atoms with Gasteiger partial charge in [0.25, 0.3) is 0 Å². The van der Waals surface area contributed by atoms with Crippen LogP contribution < -0.4 is 20.1 Å². The van der Waals surface area contributed by atoms with Crippen molar-refractivity contribution in [3.8, 4) is 11.5 Å². The first kappa shape index (κ1) is 19.4. The molecule has 1 heterocycles. The molecule has 0 atom stereocenters. The number of nitrogens with one attached hydrogen (secondary N) is 2. The van der Waals surface area contributed by atoms with Gasteiger partial charge in [-0.3, -0.25) is 0 Å². The van der Waals surface area contributed by atoms with Crippen molar-refractivity contribution < 1.29 is 9.47 Å². The number of hydrogen-bond acceptors (Lipinski definition) is 7. The van der Waals surface area contributed by atoms with Gasteiger partial charge >= 0.3 is 0 Å². The molecule has 0 saturated heterocycles. The molecule has 3 aromatic rings. The molecule has 0 unspecified atom stereocenters. The topological polar surface area (TPSA) is 81.2 Å². The van der Waals surface area contributed by atoms with Gasteiger partial charge in [-0.1, -0.05) is 35.9 Å². The van der Waals surface area contributed by atoms with Gasteiger partial charge in [-0.05, 0) is 36.6 Å². The van der Waals surface area contributed by atoms with Crippen molar-refractivity contribution in [2.45, 2.75) is 19.9 Å². The highest BCUT2D eigenvalue weighted by atomic mass is 16.5. The monoisotopic (exact) mass is 379 g/mol. The van der Waals surface area contributed by atoms with Gasteiger partial charge in [-0.2, -0.15) is 10.1 Å². The molecular weight excluding hydrogens is 354 g/mol. The summed E-state index contributed by atoms with van der Waals surface area (Å²) in [6.07, 6.45) is 2.43. The van der Waals surface area contributed by atoms with E-state index in [4.69, 9.17) is 9.47 Å². The van der Waals surface area contributed by atoms with Crippen molar-refractivity contribution in [2.24, 2.45) is 0 Å². The van der Waals surface area contributed by atoms with Crippen LogP contribution in [0.5, 0.6) is 11.5 Å². The average Bonchev–Trinajstić information content (AvgIpc) is 2.73. The number of hydrogen-bond donors (Lipinski definition) is 2. The molecule has 7 nitrogen and oxygen atoms in total. The van der Waals surface area contributed by atoms with Crippen LogP contribution in [-0.4, -0.2) is 35.9 Å². The number of aromatic nitrogens is 3. The van der Waals surface area contributed by atoms with Gasteiger partial charge in [-0.15, -0.1) is 5.10 Å². The zero-order valence-corrected chi connectivity index (χ0v) is 16.4. The SMILES string of the molecule is COc1ccc(CCNc2cnnc(NCc3ccc(C)cc3)n2)cc1OC. The van der Waals surface area contributed by atoms with Crippen molar-refractivity contribution in [1.82, 2.24) is 15.2 Å². The zero-order chi connectivity index (χ0) is 19.8. The Bertz CT molecular complexity index is 900. The van der Waals surface area contributed by atoms with E-state index in [1.54, 1.807) is 20.4 Å². The lowest BCUT2D eigenvalue weighted by molar-refractivity contribution is 0.354. The number of rotatable bonds is 9. The van der Waals surface area contributed by atoms with Crippen molar-refractivity contribution >= 4 is 11.8 Å². The van der Waals surface area contributed by atoms with Gasteiger partial charge in [-0.25, -0.2) is 0 Å². The second kappa shape index (κ2) is 9.55. The Hall–Kier alpha value is -3.35. The summed E-state index contributed by atoms with van der Waals surface area (Å²) < 4.78 is 10.6. The van der Waals surface area contributed by atoms with Crippen LogP contribution in [0.25, 0.3) is 0 Å². The third kappa shape index (κ3) is 5.33. The first-order valence-electron chi connectivity index (χ1n) is 9.12. The fraction of sp³-hybridized carbons (Fsp3) is 0.286. The normalized spacial score (nSPS) is 10.4. The largest absolute Gasteiger partial charge is 0.493 e. The van der Waals surface area contributed by atoms with E-state index in [0.29, 0.717) is 24.9 Å². The molecule has 0 amide bonds. The maximum absolute atomic E-state index is 5.34. The third-order valence-corrected chi connectivity index (χ3v) is 4.30. The van der Waals surface area contributed by atoms with Crippen molar-refractivity contribution in [1.29, 1.82) is 0 Å². The Morgan fingerprint density at radius 3 is 2.39 bits per heavy atom. The van der Waals surface area contributed by atoms with Gasteiger partial charge in [0, 0.05) is 13.1 Å². The molecule has 28 heavy (non-hydrogen) atoms. The highest BCUT2D eigenvalue weighted by Gasteiger charge is 2.05. The Kier molecular flexibility index (Phi) is 6.62. The zero-order valence-electron chi connectivity index (χ0n) is 16.4. The smallest absolute Gasteiger partial charge is 0.244 e. The molecule has 146 valence electrons. The van der Waals surface area contributed by atoms with Crippen LogP contribution in [0, 0.1) is 6.92 Å². The number of ether oxygens (including phenoxy) is 2. The van der Waals surface area contributed by atoms with Crippen molar-refractivity contribution in [3.63, 3.8) is 0 Å². The van der Waals surface area contributed by atoms with E-state index in [-0.39, 0.29) is 0 Å². The van der Waals surface area contributed by atoms with Crippen molar-refractivity contribution in [3.05, 3.63) is 65.4 Å². The van der Waals surface area contributed by atoms with Gasteiger partial charge < -0.3 is 20.1 Å². The van der Waals surface area contributed by atoms with E-state index in [2.05, 4.69) is 57.0 Å². The average molecular weight is 379 g/mol. The second-order valence-corrected chi connectivity index (χ2v) is 6.37. The summed E-state index contributed by atoms with van der Waals surface area (Å²) in [6, 6.07) is 14.3. The van der Waals surface area contributed by atoms with Crippen LogP contribution in [0.15, 0.2) is 48.7 Å². The predicted molar refractivity (Wildman–Crippen MR) is 110 cm³/mol. The van der Waals surface area contributed by atoms with E-state index in [1.165, 1.54) is 11.1 Å². The molecule has 2 N–H and O–H groups in total. The minimum atomic E-state index is 0.497. The Balaban J connectivity index is 1.52. The summed E-state index contributed by atoms with van der Waals surface area (Å²) >= 11 is 0. The summed E-state index contributed by atoms with van der Waals surface area (Å²) in [5.74, 6) is 2.63. The molecule has 1 aromatic heterocycles. The van der Waals surface area contributed by atoms with E-state index >= 15 is 0 Å². The Morgan fingerprint density at radius 1 is 0.893 bits per heavy atom. The first-order chi connectivity index (χ1) is 13.7. The van der Waals surface area contributed by atoms with Crippen LogP contribution in [-0.2, 0) is 13.0 Å². The van der Waals surface area contributed by atoms with E-state index in [9.17, 15) is 0 Å². The maximum atomic E-state index is 5.34. The number of methoxy groups -OCH3 is 2. The lowest BCUT2D eigenvalue weighted by Crippen LogP contribution is -2.10. The number of aryl methyl sites for hydroxylation is 1. The molecule has 0 spiro atoms. The van der Waals surface area contributed by atoms with Gasteiger partial charge in [0.1, 0.15) is 0 Å². The van der Waals surface area contributed by atoms with Gasteiger partial charge in [0.2, 0.25) is 5.95 Å². The lowest BCUT2D eigenvalue weighted by Gasteiger charge is -2.10. The summed E-state index contributed by atoms with van der Waals surface area (Å²) in [7, 11) is 3.27. The molecular formula is C21H25N5O2. The summed E-state index contributed by atoms with van der Waals surface area (Å²) in [4.78, 5) is 4.46. The standard InChI is InChI=1S/C21H25N5O2/c1-15-4-6-17(7-5-15)13-23-21-25-20(14-24-26-21)22-11-10-16-8-9-18(27-2)19(12-16)28-3/h4-9,12,14H,10-11,13H2,1-3H3,(H2,22,23,25,26). The van der Waals surface area contributed by atoms with E-state index in [1.807, 2.05) is 18.2 Å². The lowest BCUT2D eigenvalue weighted by atomic mass is 10.1. The van der Waals surface area contributed by atoms with Crippen LogP contribution in [0.1, 0.15) is 16.7 Å². The van der Waals surface area contributed by atoms with Gasteiger partial charge in [0.15, 0.2) is 17.3 Å². The van der Waals surface area contributed by atoms with Gasteiger partial charge in [0.05, 0.1) is 20.4 Å². The number of benzene rings is 2. The molecule has 0 aliphatic carbocycles. The highest BCUT2D eigenvalue weighted by molar-refractivity contribution is 5.43. The Labute approximate surface area is 165 Å². The predicted octanol–water partition coefficient (Wildman–Crippen LogP) is 3.46. The molecule has 7 heteroatoms. The van der Waals surface area contributed by atoms with E-state index < -0.39 is 0 Å². The quantitative estimate of drug-likeness (QED) is 0.589. The van der Waals surface area contributed by atoms with Crippen molar-refractivity contribution in [2.75, 3.05) is 31.4 Å². The second-order valence-electron chi connectivity index (χ2n) is 6.37.